The van der Waals surface area contributed by atoms with Crippen LogP contribution in [0.5, 0.6) is 0 Å². The van der Waals surface area contributed by atoms with Crippen molar-refractivity contribution in [3.05, 3.63) is 65.4 Å². The maximum absolute atomic E-state index is 11.5. The molecule has 1 heterocycles. The van der Waals surface area contributed by atoms with Crippen LogP contribution in [0.1, 0.15) is 21.7 Å². The second-order valence-electron chi connectivity index (χ2n) is 4.80. The van der Waals surface area contributed by atoms with Gasteiger partial charge in [0.25, 0.3) is 0 Å². The Hall–Kier alpha value is -2.20. The molecule has 0 saturated carbocycles. The van der Waals surface area contributed by atoms with Crippen LogP contribution in [0, 0.1) is 6.92 Å². The Bertz CT molecular complexity index is 787. The van der Waals surface area contributed by atoms with E-state index in [4.69, 9.17) is 4.42 Å². The minimum absolute atomic E-state index is 0.269. The van der Waals surface area contributed by atoms with E-state index in [1.54, 1.807) is 23.9 Å². The summed E-state index contributed by atoms with van der Waals surface area (Å²) < 4.78 is 5.70. The number of carbonyl (C=O) groups is 1. The summed E-state index contributed by atoms with van der Waals surface area (Å²) in [4.78, 5) is 12.6. The van der Waals surface area contributed by atoms with Gasteiger partial charge in [-0.15, -0.1) is 11.8 Å². The fourth-order valence-corrected chi connectivity index (χ4v) is 3.05. The number of furan rings is 1. The molecular weight excluding hydrogens is 284 g/mol. The third kappa shape index (κ3) is 2.81. The van der Waals surface area contributed by atoms with Gasteiger partial charge in [0.15, 0.2) is 0 Å². The molecule has 2 aromatic carbocycles. The van der Waals surface area contributed by atoms with Crippen LogP contribution in [0.25, 0.3) is 11.0 Å². The summed E-state index contributed by atoms with van der Waals surface area (Å²) in [5.41, 5.74) is 2.09. The van der Waals surface area contributed by atoms with Gasteiger partial charge in [0, 0.05) is 10.3 Å². The summed E-state index contributed by atoms with van der Waals surface area (Å²) in [6.07, 6.45) is 0. The maximum atomic E-state index is 11.5. The maximum Gasteiger partial charge on any atom is 0.339 e. The highest BCUT2D eigenvalue weighted by Crippen LogP contribution is 2.31. The number of hydrogen-bond donors (Lipinski definition) is 1. The molecule has 0 unspecified atom stereocenters. The van der Waals surface area contributed by atoms with Gasteiger partial charge in [0.1, 0.15) is 16.9 Å². The fourth-order valence-electron chi connectivity index (χ4n) is 2.22. The lowest BCUT2D eigenvalue weighted by molar-refractivity contribution is 0.0697. The molecule has 0 aliphatic heterocycles. The molecule has 0 aliphatic rings. The van der Waals surface area contributed by atoms with E-state index in [0.717, 1.165) is 4.90 Å². The average molecular weight is 298 g/mol. The molecule has 0 radical (unpaired) electrons. The summed E-state index contributed by atoms with van der Waals surface area (Å²) in [6, 6.07) is 15.4. The van der Waals surface area contributed by atoms with Crippen molar-refractivity contribution in [3.8, 4) is 0 Å². The van der Waals surface area contributed by atoms with Crippen molar-refractivity contribution in [1.29, 1.82) is 0 Å². The van der Waals surface area contributed by atoms with Crippen molar-refractivity contribution in [2.24, 2.45) is 0 Å². The van der Waals surface area contributed by atoms with Gasteiger partial charge in [0.05, 0.1) is 5.75 Å². The average Bonchev–Trinajstić information content (AvgIpc) is 2.85. The van der Waals surface area contributed by atoms with Gasteiger partial charge in [-0.1, -0.05) is 35.9 Å². The zero-order valence-electron chi connectivity index (χ0n) is 11.5. The number of carboxylic acids is 1. The fraction of sp³-hybridized carbons (Fsp3) is 0.118. The minimum Gasteiger partial charge on any atom is -0.478 e. The molecule has 1 N–H and O–H groups in total. The Balaban J connectivity index is 1.91. The third-order valence-corrected chi connectivity index (χ3v) is 4.29. The first kappa shape index (κ1) is 13.8. The number of rotatable bonds is 4. The zero-order valence-corrected chi connectivity index (χ0v) is 12.3. The van der Waals surface area contributed by atoms with E-state index >= 15 is 0 Å². The Morgan fingerprint density at radius 2 is 1.86 bits per heavy atom. The molecule has 3 rings (SSSR count). The summed E-state index contributed by atoms with van der Waals surface area (Å²) in [5, 5.41) is 10.1. The van der Waals surface area contributed by atoms with E-state index in [9.17, 15) is 9.90 Å². The van der Waals surface area contributed by atoms with E-state index < -0.39 is 5.97 Å². The Kier molecular flexibility index (Phi) is 3.71. The predicted octanol–water partition coefficient (Wildman–Crippen LogP) is 4.73. The van der Waals surface area contributed by atoms with Gasteiger partial charge in [-0.2, -0.15) is 0 Å². The molecular formula is C17H14O3S. The van der Waals surface area contributed by atoms with Crippen molar-refractivity contribution in [1.82, 2.24) is 0 Å². The second kappa shape index (κ2) is 5.66. The van der Waals surface area contributed by atoms with E-state index in [2.05, 4.69) is 0 Å². The summed E-state index contributed by atoms with van der Waals surface area (Å²) >= 11 is 1.57. The number of para-hydroxylation sites is 1. The first-order valence-corrected chi connectivity index (χ1v) is 7.57. The highest BCUT2D eigenvalue weighted by Gasteiger charge is 2.19. The predicted molar refractivity (Wildman–Crippen MR) is 83.9 cm³/mol. The van der Waals surface area contributed by atoms with Crippen LogP contribution in [-0.2, 0) is 5.75 Å². The van der Waals surface area contributed by atoms with Gasteiger partial charge < -0.3 is 9.52 Å². The molecule has 106 valence electrons. The molecule has 3 nitrogen and oxygen atoms in total. The van der Waals surface area contributed by atoms with Crippen molar-refractivity contribution >= 4 is 28.7 Å². The number of hydrogen-bond acceptors (Lipinski definition) is 3. The molecule has 4 heteroatoms. The van der Waals surface area contributed by atoms with Gasteiger partial charge in [0.2, 0.25) is 0 Å². The molecule has 0 saturated heterocycles. The van der Waals surface area contributed by atoms with E-state index in [1.165, 1.54) is 5.56 Å². The molecule has 3 aromatic rings. The lowest BCUT2D eigenvalue weighted by Gasteiger charge is -2.01. The number of fused-ring (bicyclic) bond motifs is 1. The topological polar surface area (TPSA) is 50.4 Å². The summed E-state index contributed by atoms with van der Waals surface area (Å²) in [7, 11) is 0. The lowest BCUT2D eigenvalue weighted by Crippen LogP contribution is -1.98. The molecule has 0 fully saturated rings. The first-order chi connectivity index (χ1) is 10.1. The molecule has 1 aromatic heterocycles. The number of aromatic carboxylic acids is 1. The highest BCUT2D eigenvalue weighted by atomic mass is 32.2. The standard InChI is InChI=1S/C17H14O3S/c1-11-6-8-12(9-7-11)21-10-15-16(17(18)19)13-4-2-3-5-14(13)20-15/h2-9H,10H2,1H3,(H,18,19). The number of carboxylic acid groups (broad SMARTS) is 1. The van der Waals surface area contributed by atoms with Crippen LogP contribution in [0.2, 0.25) is 0 Å². The largest absolute Gasteiger partial charge is 0.478 e. The lowest BCUT2D eigenvalue weighted by atomic mass is 10.1. The van der Waals surface area contributed by atoms with E-state index in [1.807, 2.05) is 43.3 Å². The van der Waals surface area contributed by atoms with Crippen LogP contribution in [0.3, 0.4) is 0 Å². The number of aryl methyl sites for hydroxylation is 1. The Morgan fingerprint density at radius 3 is 2.57 bits per heavy atom. The first-order valence-electron chi connectivity index (χ1n) is 6.58. The van der Waals surface area contributed by atoms with Crippen molar-refractivity contribution in [2.75, 3.05) is 0 Å². The Morgan fingerprint density at radius 1 is 1.14 bits per heavy atom. The summed E-state index contributed by atoms with van der Waals surface area (Å²) in [5.74, 6) is 0.0630. The number of thioether (sulfide) groups is 1. The van der Waals surface area contributed by atoms with Crippen LogP contribution in [0.4, 0.5) is 0 Å². The molecule has 0 aliphatic carbocycles. The van der Waals surface area contributed by atoms with Gasteiger partial charge >= 0.3 is 5.97 Å². The monoisotopic (exact) mass is 298 g/mol. The van der Waals surface area contributed by atoms with Gasteiger partial charge in [-0.3, -0.25) is 0 Å². The molecule has 0 atom stereocenters. The third-order valence-electron chi connectivity index (χ3n) is 3.27. The van der Waals surface area contributed by atoms with Gasteiger partial charge in [-0.05, 0) is 25.1 Å². The van der Waals surface area contributed by atoms with Crippen LogP contribution < -0.4 is 0 Å². The van der Waals surface area contributed by atoms with Crippen LogP contribution >= 0.6 is 11.8 Å². The highest BCUT2D eigenvalue weighted by molar-refractivity contribution is 7.98. The van der Waals surface area contributed by atoms with Crippen molar-refractivity contribution in [3.63, 3.8) is 0 Å². The second-order valence-corrected chi connectivity index (χ2v) is 5.85. The zero-order chi connectivity index (χ0) is 14.8. The van der Waals surface area contributed by atoms with Crippen LogP contribution in [-0.4, -0.2) is 11.1 Å². The normalized spacial score (nSPS) is 10.9. The Labute approximate surface area is 126 Å². The smallest absolute Gasteiger partial charge is 0.339 e. The quantitative estimate of drug-likeness (QED) is 0.707. The molecule has 21 heavy (non-hydrogen) atoms. The summed E-state index contributed by atoms with van der Waals surface area (Å²) in [6.45, 7) is 2.04. The van der Waals surface area contributed by atoms with E-state index in [-0.39, 0.29) is 5.56 Å². The molecule has 0 amide bonds. The van der Waals surface area contributed by atoms with Crippen molar-refractivity contribution < 1.29 is 14.3 Å². The van der Waals surface area contributed by atoms with Crippen LogP contribution in [0.15, 0.2) is 57.8 Å². The number of benzene rings is 2. The van der Waals surface area contributed by atoms with Crippen molar-refractivity contribution in [2.45, 2.75) is 17.6 Å². The molecule has 0 bridgehead atoms. The molecule has 0 spiro atoms. The minimum atomic E-state index is -0.945. The van der Waals surface area contributed by atoms with E-state index in [0.29, 0.717) is 22.5 Å². The SMILES string of the molecule is Cc1ccc(SCc2oc3ccccc3c2C(=O)O)cc1. The van der Waals surface area contributed by atoms with Gasteiger partial charge in [-0.25, -0.2) is 4.79 Å².